The molecule has 8 heteroatoms. The predicted octanol–water partition coefficient (Wildman–Crippen LogP) is 5.44. The molecule has 0 radical (unpaired) electrons. The van der Waals surface area contributed by atoms with Crippen LogP contribution in [-0.4, -0.2) is 24.8 Å². The van der Waals surface area contributed by atoms with E-state index in [1.54, 1.807) is 25.3 Å². The van der Waals surface area contributed by atoms with E-state index >= 15 is 0 Å². The van der Waals surface area contributed by atoms with Gasteiger partial charge in [0.05, 0.1) is 35.9 Å². The van der Waals surface area contributed by atoms with Crippen LogP contribution in [0.5, 0.6) is 17.2 Å². The summed E-state index contributed by atoms with van der Waals surface area (Å²) >= 11 is 1.27. The Morgan fingerprint density at radius 2 is 1.86 bits per heavy atom. The maximum atomic E-state index is 12.5. The van der Waals surface area contributed by atoms with Crippen molar-refractivity contribution in [1.29, 1.82) is 5.26 Å². The molecule has 1 heterocycles. The van der Waals surface area contributed by atoms with E-state index in [-0.39, 0.29) is 12.5 Å². The van der Waals surface area contributed by atoms with Crippen LogP contribution >= 0.6 is 11.8 Å². The van der Waals surface area contributed by atoms with Crippen LogP contribution in [0.1, 0.15) is 23.6 Å². The van der Waals surface area contributed by atoms with Crippen LogP contribution < -0.4 is 19.5 Å². The van der Waals surface area contributed by atoms with Gasteiger partial charge in [-0.05, 0) is 72.8 Å². The van der Waals surface area contributed by atoms with Gasteiger partial charge in [-0.3, -0.25) is 4.79 Å². The summed E-state index contributed by atoms with van der Waals surface area (Å²) in [6, 6.07) is 22.2. The van der Waals surface area contributed by atoms with Crippen molar-refractivity contribution in [2.24, 2.45) is 4.99 Å². The molecule has 1 N–H and O–H groups in total. The zero-order valence-electron chi connectivity index (χ0n) is 19.3. The molecule has 35 heavy (non-hydrogen) atoms. The highest BCUT2D eigenvalue weighted by atomic mass is 32.2. The number of rotatable bonds is 8. The largest absolute Gasteiger partial charge is 0.497 e. The zero-order chi connectivity index (χ0) is 24.6. The second kappa shape index (κ2) is 11.3. The fourth-order valence-electron chi connectivity index (χ4n) is 3.32. The summed E-state index contributed by atoms with van der Waals surface area (Å²) in [5.41, 5.74) is 2.88. The van der Waals surface area contributed by atoms with E-state index in [4.69, 9.17) is 14.2 Å². The highest BCUT2D eigenvalue weighted by Crippen LogP contribution is 2.33. The maximum absolute atomic E-state index is 12.5. The van der Waals surface area contributed by atoms with Gasteiger partial charge in [0.15, 0.2) is 16.7 Å². The third kappa shape index (κ3) is 6.02. The summed E-state index contributed by atoms with van der Waals surface area (Å²) in [7, 11) is 1.61. The van der Waals surface area contributed by atoms with Gasteiger partial charge in [0.2, 0.25) is 0 Å². The molecule has 1 aliphatic rings. The van der Waals surface area contributed by atoms with Crippen molar-refractivity contribution in [3.63, 3.8) is 0 Å². The van der Waals surface area contributed by atoms with Crippen LogP contribution in [0.2, 0.25) is 0 Å². The third-order valence-electron chi connectivity index (χ3n) is 5.04. The zero-order valence-corrected chi connectivity index (χ0v) is 20.1. The van der Waals surface area contributed by atoms with Crippen LogP contribution in [0.15, 0.2) is 76.6 Å². The summed E-state index contributed by atoms with van der Waals surface area (Å²) in [5.74, 6) is 1.65. The summed E-state index contributed by atoms with van der Waals surface area (Å²) in [6.07, 6.45) is 1.79. The number of carbonyl (C=O) groups excluding carboxylic acids is 1. The highest BCUT2D eigenvalue weighted by molar-refractivity contribution is 8.18. The summed E-state index contributed by atoms with van der Waals surface area (Å²) in [4.78, 5) is 17.5. The Balaban J connectivity index is 1.50. The van der Waals surface area contributed by atoms with Gasteiger partial charge in [-0.2, -0.15) is 5.26 Å². The van der Waals surface area contributed by atoms with Gasteiger partial charge in [0.1, 0.15) is 12.4 Å². The number of hydrogen-bond acceptors (Lipinski definition) is 7. The van der Waals surface area contributed by atoms with Gasteiger partial charge in [0, 0.05) is 5.56 Å². The molecule has 7 nitrogen and oxygen atoms in total. The van der Waals surface area contributed by atoms with Gasteiger partial charge in [0.25, 0.3) is 5.91 Å². The topological polar surface area (TPSA) is 92.9 Å². The number of nitrogens with one attached hydrogen (secondary N) is 1. The first kappa shape index (κ1) is 23.9. The monoisotopic (exact) mass is 485 g/mol. The molecule has 0 saturated carbocycles. The van der Waals surface area contributed by atoms with E-state index in [2.05, 4.69) is 16.4 Å². The summed E-state index contributed by atoms with van der Waals surface area (Å²) < 4.78 is 16.9. The maximum Gasteiger partial charge on any atom is 0.264 e. The Morgan fingerprint density at radius 1 is 1.06 bits per heavy atom. The smallest absolute Gasteiger partial charge is 0.264 e. The van der Waals surface area contributed by atoms with Gasteiger partial charge < -0.3 is 19.5 Å². The average Bonchev–Trinajstić information content (AvgIpc) is 3.22. The first-order chi connectivity index (χ1) is 17.1. The third-order valence-corrected chi connectivity index (χ3v) is 5.95. The molecule has 0 bridgehead atoms. The van der Waals surface area contributed by atoms with Crippen molar-refractivity contribution in [2.75, 3.05) is 13.7 Å². The molecule has 3 aromatic rings. The van der Waals surface area contributed by atoms with Crippen molar-refractivity contribution >= 4 is 34.6 Å². The minimum absolute atomic E-state index is 0.214. The molecule has 1 saturated heterocycles. The minimum atomic E-state index is -0.214. The molecule has 3 aromatic carbocycles. The number of methoxy groups -OCH3 is 1. The quantitative estimate of drug-likeness (QED) is 0.427. The lowest BCUT2D eigenvalue weighted by Crippen LogP contribution is -2.19. The van der Waals surface area contributed by atoms with Gasteiger partial charge >= 0.3 is 0 Å². The molecule has 0 spiro atoms. The second-order valence-corrected chi connectivity index (χ2v) is 8.41. The normalized spacial score (nSPS) is 15.1. The van der Waals surface area contributed by atoms with Crippen molar-refractivity contribution < 1.29 is 19.0 Å². The molecule has 1 aliphatic heterocycles. The van der Waals surface area contributed by atoms with Gasteiger partial charge in [-0.15, -0.1) is 0 Å². The Kier molecular flexibility index (Phi) is 7.70. The number of nitrogens with zero attached hydrogens (tertiary/aromatic N) is 2. The number of hydrogen-bond donors (Lipinski definition) is 1. The molecule has 0 aliphatic carbocycles. The number of amides is 1. The molecule has 0 atom stereocenters. The summed E-state index contributed by atoms with van der Waals surface area (Å²) in [5, 5.41) is 12.6. The molecule has 1 amide bonds. The fourth-order valence-corrected chi connectivity index (χ4v) is 4.16. The molecule has 176 valence electrons. The minimum Gasteiger partial charge on any atom is -0.497 e. The van der Waals surface area contributed by atoms with Gasteiger partial charge in [-0.1, -0.05) is 24.3 Å². The van der Waals surface area contributed by atoms with Crippen LogP contribution in [-0.2, 0) is 11.4 Å². The van der Waals surface area contributed by atoms with Crippen LogP contribution in [0, 0.1) is 11.3 Å². The number of benzene rings is 3. The lowest BCUT2D eigenvalue weighted by atomic mass is 10.1. The molecular weight excluding hydrogens is 462 g/mol. The number of thioether (sulfide) groups is 1. The van der Waals surface area contributed by atoms with E-state index in [0.717, 1.165) is 16.9 Å². The SMILES string of the molecule is CCOc1cc(C=C2SC(=Nc3ccc(OC)cc3)NC2=O)ccc1OCc1ccccc1C#N. The lowest BCUT2D eigenvalue weighted by Gasteiger charge is -2.13. The predicted molar refractivity (Wildman–Crippen MR) is 137 cm³/mol. The van der Waals surface area contributed by atoms with E-state index in [0.29, 0.717) is 39.4 Å². The molecule has 4 rings (SSSR count). The van der Waals surface area contributed by atoms with E-state index in [9.17, 15) is 10.1 Å². The number of aliphatic imine (C=N–C) groups is 1. The molecule has 1 fully saturated rings. The first-order valence-corrected chi connectivity index (χ1v) is 11.7. The number of ether oxygens (including phenoxy) is 3. The van der Waals surface area contributed by atoms with E-state index in [1.807, 2.05) is 61.5 Å². The van der Waals surface area contributed by atoms with Gasteiger partial charge in [-0.25, -0.2) is 4.99 Å². The first-order valence-electron chi connectivity index (χ1n) is 10.9. The number of amidine groups is 1. The number of carbonyl (C=O) groups is 1. The Hall–Kier alpha value is -4.22. The van der Waals surface area contributed by atoms with Crippen molar-refractivity contribution in [2.45, 2.75) is 13.5 Å². The molecular formula is C27H23N3O4S. The van der Waals surface area contributed by atoms with Crippen molar-refractivity contribution in [3.8, 4) is 23.3 Å². The van der Waals surface area contributed by atoms with Crippen molar-refractivity contribution in [3.05, 3.63) is 88.3 Å². The van der Waals surface area contributed by atoms with Crippen LogP contribution in [0.25, 0.3) is 6.08 Å². The van der Waals surface area contributed by atoms with E-state index < -0.39 is 0 Å². The number of nitriles is 1. The van der Waals surface area contributed by atoms with E-state index in [1.165, 1.54) is 11.8 Å². The van der Waals surface area contributed by atoms with Crippen molar-refractivity contribution in [1.82, 2.24) is 5.32 Å². The lowest BCUT2D eigenvalue weighted by molar-refractivity contribution is -0.115. The Bertz CT molecular complexity index is 1330. The fraction of sp³-hybridized carbons (Fsp3) is 0.148. The molecule has 0 unspecified atom stereocenters. The molecule has 0 aromatic heterocycles. The standard InChI is InChI=1S/C27H23N3O4S/c1-3-33-24-14-18(8-13-23(24)34-17-20-7-5-4-6-19(20)16-28)15-25-26(31)30-27(35-25)29-21-9-11-22(32-2)12-10-21/h4-15H,3,17H2,1-2H3,(H,29,30,31). The average molecular weight is 486 g/mol. The highest BCUT2D eigenvalue weighted by Gasteiger charge is 2.24. The Morgan fingerprint density at radius 3 is 2.60 bits per heavy atom. The summed E-state index contributed by atoms with van der Waals surface area (Å²) in [6.45, 7) is 2.59. The van der Waals surface area contributed by atoms with Crippen LogP contribution in [0.3, 0.4) is 0 Å². The van der Waals surface area contributed by atoms with Crippen LogP contribution in [0.4, 0.5) is 5.69 Å². The Labute approximate surface area is 208 Å². The second-order valence-electron chi connectivity index (χ2n) is 7.38.